The molecule has 0 bridgehead atoms. The Morgan fingerprint density at radius 3 is 2.38 bits per heavy atom. The predicted molar refractivity (Wildman–Crippen MR) is 51.7 cm³/mol. The van der Waals surface area contributed by atoms with Crippen LogP contribution in [0.1, 0.15) is 5.56 Å². The van der Waals surface area contributed by atoms with Crippen LogP contribution in [0.5, 0.6) is 0 Å². The second kappa shape index (κ2) is 5.01. The van der Waals surface area contributed by atoms with Crippen molar-refractivity contribution in [3.63, 3.8) is 0 Å². The van der Waals surface area contributed by atoms with Crippen LogP contribution in [0.25, 0.3) is 0 Å². The molecule has 6 heteroatoms. The molecule has 0 radical (unpaired) electrons. The highest BCUT2D eigenvalue weighted by atomic mass is 35.5. The van der Waals surface area contributed by atoms with Gasteiger partial charge in [0.1, 0.15) is 5.82 Å². The molecule has 0 saturated carbocycles. The summed E-state index contributed by atoms with van der Waals surface area (Å²) >= 11 is 5.39. The number of benzene rings is 1. The van der Waals surface area contributed by atoms with E-state index in [-0.39, 0.29) is 10.6 Å². The van der Waals surface area contributed by atoms with E-state index in [2.05, 4.69) is 0 Å². The lowest BCUT2D eigenvalue weighted by molar-refractivity contribution is -0.183. The zero-order valence-corrected chi connectivity index (χ0v) is 8.82. The van der Waals surface area contributed by atoms with Gasteiger partial charge < -0.3 is 5.11 Å². The Morgan fingerprint density at radius 1 is 1.31 bits per heavy atom. The van der Waals surface area contributed by atoms with Gasteiger partial charge in [-0.1, -0.05) is 17.7 Å². The van der Waals surface area contributed by atoms with Crippen molar-refractivity contribution in [1.29, 1.82) is 0 Å². The predicted octanol–water partition coefficient (Wildman–Crippen LogP) is 3.19. The number of hydrogen-bond acceptors (Lipinski definition) is 1. The lowest BCUT2D eigenvalue weighted by Gasteiger charge is -2.17. The SMILES string of the molecule is OC[C@@H](Cc1ccc(Cl)c(F)c1)C(F)(F)F. The summed E-state index contributed by atoms with van der Waals surface area (Å²) in [6.45, 7) is -1.02. The summed E-state index contributed by atoms with van der Waals surface area (Å²) in [5.41, 5.74) is 0.151. The molecular weight excluding hydrogens is 248 g/mol. The maximum Gasteiger partial charge on any atom is 0.394 e. The van der Waals surface area contributed by atoms with Gasteiger partial charge in [-0.2, -0.15) is 13.2 Å². The molecule has 0 aliphatic carbocycles. The second-order valence-electron chi connectivity index (χ2n) is 3.37. The first kappa shape index (κ1) is 13.3. The van der Waals surface area contributed by atoms with Gasteiger partial charge in [-0.3, -0.25) is 0 Å². The number of hydrogen-bond donors (Lipinski definition) is 1. The fourth-order valence-corrected chi connectivity index (χ4v) is 1.35. The monoisotopic (exact) mass is 256 g/mol. The van der Waals surface area contributed by atoms with Gasteiger partial charge in [-0.25, -0.2) is 4.39 Å². The summed E-state index contributed by atoms with van der Waals surface area (Å²) in [6.07, 6.45) is -4.96. The average Bonchev–Trinajstić information content (AvgIpc) is 2.18. The molecule has 1 N–H and O–H groups in total. The molecule has 0 aliphatic heterocycles. The van der Waals surface area contributed by atoms with Crippen molar-refractivity contribution in [3.8, 4) is 0 Å². The molecule has 1 rings (SSSR count). The Balaban J connectivity index is 2.83. The zero-order chi connectivity index (χ0) is 12.3. The van der Waals surface area contributed by atoms with Crippen LogP contribution in [0.4, 0.5) is 17.6 Å². The smallest absolute Gasteiger partial charge is 0.394 e. The second-order valence-corrected chi connectivity index (χ2v) is 3.78. The molecule has 0 heterocycles. The van der Waals surface area contributed by atoms with E-state index in [4.69, 9.17) is 16.7 Å². The van der Waals surface area contributed by atoms with E-state index < -0.39 is 30.9 Å². The average molecular weight is 257 g/mol. The molecular formula is C10H9ClF4O. The van der Waals surface area contributed by atoms with Crippen molar-refractivity contribution in [2.45, 2.75) is 12.6 Å². The van der Waals surface area contributed by atoms with Crippen LogP contribution in [0, 0.1) is 11.7 Å². The van der Waals surface area contributed by atoms with Crippen LogP contribution >= 0.6 is 11.6 Å². The van der Waals surface area contributed by atoms with Crippen LogP contribution in [0.15, 0.2) is 18.2 Å². The number of aliphatic hydroxyl groups excluding tert-OH is 1. The molecule has 0 amide bonds. The van der Waals surface area contributed by atoms with Gasteiger partial charge in [0, 0.05) is 0 Å². The fourth-order valence-electron chi connectivity index (χ4n) is 1.23. The van der Waals surface area contributed by atoms with E-state index in [0.29, 0.717) is 0 Å². The highest BCUT2D eigenvalue weighted by molar-refractivity contribution is 6.30. The van der Waals surface area contributed by atoms with Gasteiger partial charge in [0.2, 0.25) is 0 Å². The molecule has 1 aromatic carbocycles. The summed E-state index contributed by atoms with van der Waals surface area (Å²) in [4.78, 5) is 0. The Labute approximate surface area is 94.7 Å². The number of halogens is 5. The summed E-state index contributed by atoms with van der Waals surface area (Å²) < 4.78 is 49.9. The lowest BCUT2D eigenvalue weighted by Crippen LogP contribution is -2.28. The van der Waals surface area contributed by atoms with Crippen molar-refractivity contribution in [2.75, 3.05) is 6.61 Å². The molecule has 90 valence electrons. The Bertz CT molecular complexity index is 364. The summed E-state index contributed by atoms with van der Waals surface area (Å²) in [5, 5.41) is 8.46. The molecule has 0 fully saturated rings. The first-order valence-corrected chi connectivity index (χ1v) is 4.84. The Morgan fingerprint density at radius 2 is 1.94 bits per heavy atom. The van der Waals surface area contributed by atoms with E-state index in [1.807, 2.05) is 0 Å². The highest BCUT2D eigenvalue weighted by Gasteiger charge is 2.38. The third kappa shape index (κ3) is 3.35. The van der Waals surface area contributed by atoms with Gasteiger partial charge in [0.25, 0.3) is 0 Å². The van der Waals surface area contributed by atoms with Crippen LogP contribution in [-0.2, 0) is 6.42 Å². The molecule has 16 heavy (non-hydrogen) atoms. The number of alkyl halides is 3. The summed E-state index contributed by atoms with van der Waals surface area (Å²) in [6, 6.07) is 3.44. The van der Waals surface area contributed by atoms with E-state index in [1.165, 1.54) is 12.1 Å². The quantitative estimate of drug-likeness (QED) is 0.824. The fraction of sp³-hybridized carbons (Fsp3) is 0.400. The molecule has 0 saturated heterocycles. The minimum atomic E-state index is -4.50. The molecule has 0 unspecified atom stereocenters. The van der Waals surface area contributed by atoms with E-state index >= 15 is 0 Å². The first-order valence-electron chi connectivity index (χ1n) is 4.46. The number of rotatable bonds is 3. The van der Waals surface area contributed by atoms with Crippen molar-refractivity contribution >= 4 is 11.6 Å². The van der Waals surface area contributed by atoms with Crippen LogP contribution in [-0.4, -0.2) is 17.9 Å². The van der Waals surface area contributed by atoms with Crippen LogP contribution < -0.4 is 0 Å². The third-order valence-corrected chi connectivity index (χ3v) is 2.46. The van der Waals surface area contributed by atoms with Crippen LogP contribution in [0.3, 0.4) is 0 Å². The minimum absolute atomic E-state index is 0.142. The standard InChI is InChI=1S/C10H9ClF4O/c11-8-2-1-6(4-9(8)12)3-7(5-16)10(13,14)15/h1-2,4,7,16H,3,5H2/t7-/m1/s1. The van der Waals surface area contributed by atoms with Gasteiger partial charge in [0.05, 0.1) is 17.5 Å². The molecule has 1 aromatic rings. The topological polar surface area (TPSA) is 20.2 Å². The molecule has 1 nitrogen and oxygen atoms in total. The van der Waals surface area contributed by atoms with Crippen LogP contribution in [0.2, 0.25) is 5.02 Å². The molecule has 0 aromatic heterocycles. The Hall–Kier alpha value is -0.810. The maximum absolute atomic E-state index is 13.0. The third-order valence-electron chi connectivity index (χ3n) is 2.15. The largest absolute Gasteiger partial charge is 0.396 e. The Kier molecular flexibility index (Phi) is 4.15. The lowest BCUT2D eigenvalue weighted by atomic mass is 9.99. The van der Waals surface area contributed by atoms with Crippen molar-refractivity contribution in [2.24, 2.45) is 5.92 Å². The first-order chi connectivity index (χ1) is 7.34. The van der Waals surface area contributed by atoms with Crippen molar-refractivity contribution in [3.05, 3.63) is 34.6 Å². The van der Waals surface area contributed by atoms with Gasteiger partial charge in [-0.05, 0) is 24.1 Å². The molecule has 1 atom stereocenters. The zero-order valence-electron chi connectivity index (χ0n) is 8.06. The van der Waals surface area contributed by atoms with Gasteiger partial charge >= 0.3 is 6.18 Å². The molecule has 0 spiro atoms. The van der Waals surface area contributed by atoms with E-state index in [1.54, 1.807) is 0 Å². The normalized spacial score (nSPS) is 13.9. The minimum Gasteiger partial charge on any atom is -0.396 e. The number of aliphatic hydroxyl groups is 1. The summed E-state index contributed by atoms with van der Waals surface area (Å²) in [7, 11) is 0. The molecule has 0 aliphatic rings. The maximum atomic E-state index is 13.0. The highest BCUT2D eigenvalue weighted by Crippen LogP contribution is 2.29. The van der Waals surface area contributed by atoms with Gasteiger partial charge in [0.15, 0.2) is 0 Å². The van der Waals surface area contributed by atoms with E-state index in [0.717, 1.165) is 6.07 Å². The van der Waals surface area contributed by atoms with E-state index in [9.17, 15) is 17.6 Å². The van der Waals surface area contributed by atoms with Crippen molar-refractivity contribution in [1.82, 2.24) is 0 Å². The van der Waals surface area contributed by atoms with Gasteiger partial charge in [-0.15, -0.1) is 0 Å². The summed E-state index contributed by atoms with van der Waals surface area (Å²) in [5.74, 6) is -2.65. The van der Waals surface area contributed by atoms with Crippen molar-refractivity contribution < 1.29 is 22.7 Å².